The summed E-state index contributed by atoms with van der Waals surface area (Å²) in [5.41, 5.74) is 4.38. The van der Waals surface area contributed by atoms with Crippen molar-refractivity contribution in [1.82, 2.24) is 29.5 Å². The minimum Gasteiger partial charge on any atom is -0.342 e. The van der Waals surface area contributed by atoms with Crippen LogP contribution < -0.4 is 5.32 Å². The number of carbonyl (C=O) groups excluding carboxylic acids is 1. The molecule has 134 valence electrons. The highest BCUT2D eigenvalue weighted by Crippen LogP contribution is 2.24. The Morgan fingerprint density at radius 2 is 2.08 bits per heavy atom. The third kappa shape index (κ3) is 2.65. The highest BCUT2D eigenvalue weighted by molar-refractivity contribution is 6.00. The summed E-state index contributed by atoms with van der Waals surface area (Å²) in [6, 6.07) is 5.88. The lowest BCUT2D eigenvalue weighted by molar-refractivity contribution is 0.0924. The Balaban J connectivity index is 1.68. The number of amides is 1. The van der Waals surface area contributed by atoms with Gasteiger partial charge in [-0.1, -0.05) is 19.9 Å². The van der Waals surface area contributed by atoms with Gasteiger partial charge in [-0.05, 0) is 30.5 Å². The minimum absolute atomic E-state index is 0.155. The number of aromatic nitrogens is 5. The fourth-order valence-corrected chi connectivity index (χ4v) is 3.27. The summed E-state index contributed by atoms with van der Waals surface area (Å²) in [6.07, 6.45) is 5.30. The average Bonchev–Trinajstić information content (AvgIpc) is 3.28. The van der Waals surface area contributed by atoms with Crippen molar-refractivity contribution in [1.29, 1.82) is 0 Å². The van der Waals surface area contributed by atoms with Crippen molar-refractivity contribution in [3.8, 4) is 0 Å². The van der Waals surface area contributed by atoms with Gasteiger partial charge in [-0.25, -0.2) is 9.50 Å². The quantitative estimate of drug-likeness (QED) is 0.594. The fourth-order valence-electron chi connectivity index (χ4n) is 3.27. The zero-order chi connectivity index (χ0) is 18.4. The molecular formula is C19H22N6O. The van der Waals surface area contributed by atoms with Gasteiger partial charge in [0.15, 0.2) is 0 Å². The van der Waals surface area contributed by atoms with Crippen LogP contribution in [0, 0.1) is 12.8 Å². The van der Waals surface area contributed by atoms with E-state index >= 15 is 0 Å². The highest BCUT2D eigenvalue weighted by atomic mass is 16.1. The van der Waals surface area contributed by atoms with Crippen LogP contribution in [0.1, 0.15) is 41.6 Å². The molecule has 7 nitrogen and oxygen atoms in total. The van der Waals surface area contributed by atoms with E-state index in [4.69, 9.17) is 0 Å². The van der Waals surface area contributed by atoms with Crippen molar-refractivity contribution in [2.24, 2.45) is 13.0 Å². The van der Waals surface area contributed by atoms with Gasteiger partial charge in [0.2, 0.25) is 0 Å². The van der Waals surface area contributed by atoms with Crippen molar-refractivity contribution in [3.63, 3.8) is 0 Å². The van der Waals surface area contributed by atoms with Crippen LogP contribution in [0.15, 0.2) is 36.8 Å². The first-order chi connectivity index (χ1) is 12.4. The first kappa shape index (κ1) is 16.4. The normalized spacial score (nSPS) is 13.0. The maximum atomic E-state index is 12.9. The number of aromatic amines is 1. The molecule has 0 aliphatic heterocycles. The van der Waals surface area contributed by atoms with E-state index in [1.165, 1.54) is 5.56 Å². The molecule has 0 aliphatic rings. The van der Waals surface area contributed by atoms with Crippen LogP contribution >= 0.6 is 0 Å². The molecule has 2 N–H and O–H groups in total. The van der Waals surface area contributed by atoms with E-state index in [9.17, 15) is 4.79 Å². The van der Waals surface area contributed by atoms with Gasteiger partial charge in [0, 0.05) is 19.4 Å². The molecule has 3 heterocycles. The number of nitrogens with zero attached hydrogens (tertiary/aromatic N) is 4. The Morgan fingerprint density at radius 3 is 2.85 bits per heavy atom. The third-order valence-electron chi connectivity index (χ3n) is 4.68. The lowest BCUT2D eigenvalue weighted by Gasteiger charge is -2.20. The van der Waals surface area contributed by atoms with Crippen molar-refractivity contribution >= 4 is 22.6 Å². The number of carbonyl (C=O) groups is 1. The topological polar surface area (TPSA) is 80.0 Å². The van der Waals surface area contributed by atoms with E-state index in [0.29, 0.717) is 5.56 Å². The highest BCUT2D eigenvalue weighted by Gasteiger charge is 2.24. The van der Waals surface area contributed by atoms with Gasteiger partial charge in [0.05, 0.1) is 23.3 Å². The first-order valence-corrected chi connectivity index (χ1v) is 8.70. The van der Waals surface area contributed by atoms with Crippen molar-refractivity contribution in [2.75, 3.05) is 0 Å². The van der Waals surface area contributed by atoms with E-state index in [1.807, 2.05) is 43.1 Å². The molecule has 4 aromatic rings. The molecule has 7 heteroatoms. The van der Waals surface area contributed by atoms with E-state index in [0.717, 1.165) is 22.5 Å². The number of hydrogen-bond acceptors (Lipinski definition) is 3. The fraction of sp³-hybridized carbons (Fsp3) is 0.316. The number of aryl methyl sites for hydroxylation is 2. The molecule has 0 unspecified atom stereocenters. The monoisotopic (exact) mass is 350 g/mol. The molecule has 1 aromatic carbocycles. The van der Waals surface area contributed by atoms with Gasteiger partial charge in [0.1, 0.15) is 17.0 Å². The van der Waals surface area contributed by atoms with Gasteiger partial charge in [-0.2, -0.15) is 5.10 Å². The van der Waals surface area contributed by atoms with E-state index < -0.39 is 0 Å². The molecule has 3 aromatic heterocycles. The predicted molar refractivity (Wildman–Crippen MR) is 100 cm³/mol. The molecule has 1 atom stereocenters. The molecule has 4 rings (SSSR count). The Hall–Kier alpha value is -3.09. The van der Waals surface area contributed by atoms with Crippen LogP contribution in [-0.4, -0.2) is 30.1 Å². The number of rotatable bonds is 4. The zero-order valence-electron chi connectivity index (χ0n) is 15.3. The standard InChI is InChI=1S/C19H22N6O/c1-11(2)16(17-21-14-6-5-12(3)9-15(14)22-17)23-18(26)13-10-20-25-8-7-24(4)19(13)25/h5-11,16H,1-4H3,(H,21,22)(H,23,26)/t16-/m1/s1. The summed E-state index contributed by atoms with van der Waals surface area (Å²) in [4.78, 5) is 21.0. The van der Waals surface area contributed by atoms with Crippen LogP contribution in [0.4, 0.5) is 0 Å². The van der Waals surface area contributed by atoms with Crippen molar-refractivity contribution < 1.29 is 4.79 Å². The minimum atomic E-state index is -0.217. The van der Waals surface area contributed by atoms with Crippen LogP contribution in [0.2, 0.25) is 0 Å². The van der Waals surface area contributed by atoms with Gasteiger partial charge in [0.25, 0.3) is 5.91 Å². The molecule has 0 saturated carbocycles. The molecule has 0 fully saturated rings. The lowest BCUT2D eigenvalue weighted by atomic mass is 10.0. The molecule has 0 spiro atoms. The van der Waals surface area contributed by atoms with E-state index in [1.54, 1.807) is 10.7 Å². The van der Waals surface area contributed by atoms with Crippen LogP contribution in [0.5, 0.6) is 0 Å². The second kappa shape index (κ2) is 6.01. The van der Waals surface area contributed by atoms with Crippen LogP contribution in [0.3, 0.4) is 0 Å². The van der Waals surface area contributed by atoms with Gasteiger partial charge >= 0.3 is 0 Å². The smallest absolute Gasteiger partial charge is 0.257 e. The lowest BCUT2D eigenvalue weighted by Crippen LogP contribution is -2.32. The predicted octanol–water partition coefficient (Wildman–Crippen LogP) is 2.98. The van der Waals surface area contributed by atoms with Gasteiger partial charge < -0.3 is 14.9 Å². The van der Waals surface area contributed by atoms with Crippen LogP contribution in [-0.2, 0) is 7.05 Å². The maximum absolute atomic E-state index is 12.9. The number of hydrogen-bond donors (Lipinski definition) is 2. The number of fused-ring (bicyclic) bond motifs is 2. The van der Waals surface area contributed by atoms with E-state index in [-0.39, 0.29) is 17.9 Å². The molecule has 0 radical (unpaired) electrons. The molecule has 0 saturated heterocycles. The largest absolute Gasteiger partial charge is 0.342 e. The maximum Gasteiger partial charge on any atom is 0.257 e. The summed E-state index contributed by atoms with van der Waals surface area (Å²) >= 11 is 0. The molecule has 26 heavy (non-hydrogen) atoms. The van der Waals surface area contributed by atoms with Crippen molar-refractivity contribution in [3.05, 3.63) is 53.7 Å². The van der Waals surface area contributed by atoms with Gasteiger partial charge in [-0.3, -0.25) is 4.79 Å². The number of H-pyrrole nitrogens is 1. The third-order valence-corrected chi connectivity index (χ3v) is 4.68. The first-order valence-electron chi connectivity index (χ1n) is 8.70. The summed E-state index contributed by atoms with van der Waals surface area (Å²) in [6.45, 7) is 6.19. The second-order valence-corrected chi connectivity index (χ2v) is 7.07. The molecule has 0 bridgehead atoms. The van der Waals surface area contributed by atoms with Crippen molar-refractivity contribution in [2.45, 2.75) is 26.8 Å². The van der Waals surface area contributed by atoms with E-state index in [2.05, 4.69) is 40.3 Å². The number of nitrogens with one attached hydrogen (secondary N) is 2. The molecule has 1 amide bonds. The molecule has 0 aliphatic carbocycles. The number of benzene rings is 1. The van der Waals surface area contributed by atoms with Crippen LogP contribution in [0.25, 0.3) is 16.7 Å². The number of imidazole rings is 2. The Bertz CT molecular complexity index is 1100. The average molecular weight is 350 g/mol. The second-order valence-electron chi connectivity index (χ2n) is 7.07. The summed E-state index contributed by atoms with van der Waals surface area (Å²) in [5.74, 6) is 0.793. The SMILES string of the molecule is Cc1ccc2nc([C@H](NC(=O)c3cnn4ccn(C)c34)C(C)C)[nH]c2c1. The zero-order valence-corrected chi connectivity index (χ0v) is 15.3. The summed E-state index contributed by atoms with van der Waals surface area (Å²) in [7, 11) is 1.90. The molecular weight excluding hydrogens is 328 g/mol. The Labute approximate surface area is 151 Å². The Morgan fingerprint density at radius 1 is 1.27 bits per heavy atom. The summed E-state index contributed by atoms with van der Waals surface area (Å²) in [5, 5.41) is 7.36. The Kier molecular flexibility index (Phi) is 3.79. The summed E-state index contributed by atoms with van der Waals surface area (Å²) < 4.78 is 3.58. The van der Waals surface area contributed by atoms with Gasteiger partial charge in [-0.15, -0.1) is 0 Å².